The molecule has 1 aromatic heterocycles. The highest BCUT2D eigenvalue weighted by molar-refractivity contribution is 7.10. The van der Waals surface area contributed by atoms with Crippen molar-refractivity contribution in [1.29, 1.82) is 0 Å². The zero-order valence-corrected chi connectivity index (χ0v) is 18.0. The summed E-state index contributed by atoms with van der Waals surface area (Å²) in [5.41, 5.74) is 0.865. The zero-order valence-electron chi connectivity index (χ0n) is 17.2. The van der Waals surface area contributed by atoms with Crippen LogP contribution in [-0.2, 0) is 16.0 Å². The quantitative estimate of drug-likeness (QED) is 0.672. The largest absolute Gasteiger partial charge is 0.353 e. The number of thiophene rings is 1. The molecule has 0 unspecified atom stereocenters. The predicted octanol–water partition coefficient (Wildman–Crippen LogP) is 2.47. The van der Waals surface area contributed by atoms with Crippen LogP contribution in [0.3, 0.4) is 0 Å². The van der Waals surface area contributed by atoms with Gasteiger partial charge in [-0.25, -0.2) is 0 Å². The molecule has 0 saturated carbocycles. The Morgan fingerprint density at radius 3 is 2.29 bits per heavy atom. The van der Waals surface area contributed by atoms with Crippen LogP contribution in [0.2, 0.25) is 0 Å². The van der Waals surface area contributed by atoms with Gasteiger partial charge in [0.05, 0.1) is 17.5 Å². The minimum absolute atomic E-state index is 0.0215. The van der Waals surface area contributed by atoms with Gasteiger partial charge in [0.25, 0.3) is 11.8 Å². The average Bonchev–Trinajstić information content (AvgIpc) is 3.36. The number of fused-ring (bicyclic) bond motifs is 1. The van der Waals surface area contributed by atoms with Crippen molar-refractivity contribution in [2.24, 2.45) is 0 Å². The first-order chi connectivity index (χ1) is 15.0. The van der Waals surface area contributed by atoms with Gasteiger partial charge in [-0.1, -0.05) is 18.2 Å². The Morgan fingerprint density at radius 1 is 1.00 bits per heavy atom. The van der Waals surface area contributed by atoms with Crippen LogP contribution in [-0.4, -0.2) is 59.1 Å². The molecule has 1 saturated heterocycles. The van der Waals surface area contributed by atoms with Crippen LogP contribution < -0.4 is 5.32 Å². The number of carbonyl (C=O) groups is 4. The van der Waals surface area contributed by atoms with E-state index in [0.717, 1.165) is 17.7 Å². The third-order valence-electron chi connectivity index (χ3n) is 5.78. The number of benzene rings is 1. The first-order valence-corrected chi connectivity index (χ1v) is 11.5. The molecule has 0 spiro atoms. The molecule has 1 N–H and O–H groups in total. The number of nitrogens with zero attached hydrogens (tertiary/aromatic N) is 2. The van der Waals surface area contributed by atoms with Crippen LogP contribution in [0.1, 0.15) is 51.3 Å². The molecule has 0 atom stereocenters. The number of nitrogens with one attached hydrogen (secondary N) is 1. The van der Waals surface area contributed by atoms with Gasteiger partial charge in [-0.2, -0.15) is 0 Å². The number of rotatable bonds is 7. The molecule has 1 aromatic carbocycles. The molecule has 31 heavy (non-hydrogen) atoms. The van der Waals surface area contributed by atoms with Gasteiger partial charge >= 0.3 is 0 Å². The Kier molecular flexibility index (Phi) is 6.46. The highest BCUT2D eigenvalue weighted by Crippen LogP contribution is 2.23. The van der Waals surface area contributed by atoms with E-state index >= 15 is 0 Å². The fourth-order valence-electron chi connectivity index (χ4n) is 4.11. The van der Waals surface area contributed by atoms with Crippen molar-refractivity contribution in [3.8, 4) is 0 Å². The lowest BCUT2D eigenvalue weighted by Gasteiger charge is -2.32. The summed E-state index contributed by atoms with van der Waals surface area (Å²) in [6.45, 7) is 1.46. The van der Waals surface area contributed by atoms with E-state index in [1.165, 1.54) is 4.90 Å². The van der Waals surface area contributed by atoms with Gasteiger partial charge in [0.1, 0.15) is 0 Å². The fraction of sp³-hybridized carbons (Fsp3) is 0.391. The summed E-state index contributed by atoms with van der Waals surface area (Å²) in [4.78, 5) is 53.5. The normalized spacial score (nSPS) is 16.5. The fourth-order valence-corrected chi connectivity index (χ4v) is 4.82. The van der Waals surface area contributed by atoms with Gasteiger partial charge in [-0.15, -0.1) is 11.3 Å². The molecule has 3 heterocycles. The van der Waals surface area contributed by atoms with Crippen molar-refractivity contribution in [2.45, 2.75) is 38.1 Å². The molecule has 4 amide bonds. The number of hydrogen-bond donors (Lipinski definition) is 1. The molecular formula is C23H25N3O4S. The molecule has 4 rings (SSSR count). The second-order valence-corrected chi connectivity index (χ2v) is 8.92. The van der Waals surface area contributed by atoms with Crippen molar-refractivity contribution in [3.05, 3.63) is 57.8 Å². The maximum absolute atomic E-state index is 12.5. The summed E-state index contributed by atoms with van der Waals surface area (Å²) in [7, 11) is 0. The van der Waals surface area contributed by atoms with Crippen molar-refractivity contribution in [2.75, 3.05) is 19.6 Å². The molecule has 162 valence electrons. The van der Waals surface area contributed by atoms with Crippen LogP contribution in [0, 0.1) is 0 Å². The molecule has 2 aliphatic rings. The van der Waals surface area contributed by atoms with E-state index in [9.17, 15) is 19.2 Å². The van der Waals surface area contributed by atoms with Gasteiger partial charge in [0.2, 0.25) is 11.8 Å². The minimum Gasteiger partial charge on any atom is -0.353 e. The summed E-state index contributed by atoms with van der Waals surface area (Å²) in [5.74, 6) is -0.521. The summed E-state index contributed by atoms with van der Waals surface area (Å²) in [5, 5.41) is 5.02. The smallest absolute Gasteiger partial charge is 0.261 e. The third-order valence-corrected chi connectivity index (χ3v) is 6.65. The number of imide groups is 1. The van der Waals surface area contributed by atoms with Crippen molar-refractivity contribution >= 4 is 35.0 Å². The maximum Gasteiger partial charge on any atom is 0.261 e. The molecule has 0 radical (unpaired) electrons. The van der Waals surface area contributed by atoms with E-state index in [-0.39, 0.29) is 36.2 Å². The molecular weight excluding hydrogens is 414 g/mol. The molecule has 8 heteroatoms. The van der Waals surface area contributed by atoms with E-state index < -0.39 is 0 Å². The van der Waals surface area contributed by atoms with Crippen molar-refractivity contribution < 1.29 is 19.2 Å². The Hall–Kier alpha value is -3.00. The first-order valence-electron chi connectivity index (χ1n) is 10.6. The summed E-state index contributed by atoms with van der Waals surface area (Å²) >= 11 is 1.57. The van der Waals surface area contributed by atoms with Crippen molar-refractivity contribution in [3.63, 3.8) is 0 Å². The van der Waals surface area contributed by atoms with Gasteiger partial charge < -0.3 is 10.2 Å². The lowest BCUT2D eigenvalue weighted by atomic mass is 10.0. The van der Waals surface area contributed by atoms with Crippen molar-refractivity contribution in [1.82, 2.24) is 15.1 Å². The standard InChI is InChI=1S/C23H25N3O4S/c27-20(15-17-5-4-14-31-17)24-16-9-12-25(13-10-16)21(28)8-3-11-26-22(29)18-6-1-2-7-19(18)23(26)30/h1-2,4-7,14,16H,3,8-13,15H2,(H,24,27). The molecule has 2 aliphatic heterocycles. The summed E-state index contributed by atoms with van der Waals surface area (Å²) < 4.78 is 0. The minimum atomic E-state index is -0.285. The van der Waals surface area contributed by atoms with E-state index in [2.05, 4.69) is 5.32 Å². The highest BCUT2D eigenvalue weighted by Gasteiger charge is 2.34. The summed E-state index contributed by atoms with van der Waals surface area (Å²) in [6, 6.07) is 10.8. The number of likely N-dealkylation sites (tertiary alicyclic amines) is 1. The second kappa shape index (κ2) is 9.43. The zero-order chi connectivity index (χ0) is 21.8. The highest BCUT2D eigenvalue weighted by atomic mass is 32.1. The Labute approximate surface area is 185 Å². The number of carbonyl (C=O) groups excluding carboxylic acids is 4. The van der Waals surface area contributed by atoms with Crippen LogP contribution >= 0.6 is 11.3 Å². The Morgan fingerprint density at radius 2 is 1.68 bits per heavy atom. The van der Waals surface area contributed by atoms with E-state index in [1.807, 2.05) is 22.4 Å². The lowest BCUT2D eigenvalue weighted by molar-refractivity contribution is -0.132. The average molecular weight is 440 g/mol. The van der Waals surface area contributed by atoms with E-state index in [1.54, 1.807) is 35.6 Å². The molecule has 0 aliphatic carbocycles. The predicted molar refractivity (Wildman–Crippen MR) is 117 cm³/mol. The second-order valence-electron chi connectivity index (χ2n) is 7.89. The Balaban J connectivity index is 1.17. The van der Waals surface area contributed by atoms with Gasteiger partial charge in [-0.05, 0) is 42.8 Å². The van der Waals surface area contributed by atoms with Gasteiger partial charge in [0, 0.05) is 37.0 Å². The van der Waals surface area contributed by atoms with Gasteiger partial charge in [-0.3, -0.25) is 24.1 Å². The number of piperidine rings is 1. The van der Waals surface area contributed by atoms with Crippen LogP contribution in [0.15, 0.2) is 41.8 Å². The van der Waals surface area contributed by atoms with E-state index in [4.69, 9.17) is 0 Å². The topological polar surface area (TPSA) is 86.8 Å². The Bertz CT molecular complexity index is 945. The van der Waals surface area contributed by atoms with Crippen LogP contribution in [0.5, 0.6) is 0 Å². The molecule has 7 nitrogen and oxygen atoms in total. The van der Waals surface area contributed by atoms with Crippen LogP contribution in [0.25, 0.3) is 0 Å². The van der Waals surface area contributed by atoms with Gasteiger partial charge in [0.15, 0.2) is 0 Å². The maximum atomic E-state index is 12.5. The molecule has 2 aromatic rings. The lowest BCUT2D eigenvalue weighted by Crippen LogP contribution is -2.47. The first kappa shape index (κ1) is 21.2. The monoisotopic (exact) mass is 439 g/mol. The summed E-state index contributed by atoms with van der Waals surface area (Å²) in [6.07, 6.45) is 2.61. The van der Waals surface area contributed by atoms with E-state index in [0.29, 0.717) is 43.5 Å². The molecule has 1 fully saturated rings. The third kappa shape index (κ3) is 4.85. The number of hydrogen-bond acceptors (Lipinski definition) is 5. The molecule has 0 bridgehead atoms. The number of amides is 4. The van der Waals surface area contributed by atoms with Crippen LogP contribution in [0.4, 0.5) is 0 Å². The SMILES string of the molecule is O=C(Cc1cccs1)NC1CCN(C(=O)CCCN2C(=O)c3ccccc3C2=O)CC1.